The number of halogens is 1. The zero-order chi connectivity index (χ0) is 26.7. The number of unbranched alkanes of at least 4 members (excludes halogenated alkanes) is 1. The van der Waals surface area contributed by atoms with Gasteiger partial charge in [-0.25, -0.2) is 14.8 Å². The van der Waals surface area contributed by atoms with Crippen molar-refractivity contribution >= 4 is 47.0 Å². The molecule has 15 heteroatoms. The van der Waals surface area contributed by atoms with Gasteiger partial charge >= 0.3 is 11.9 Å². The van der Waals surface area contributed by atoms with Gasteiger partial charge in [-0.1, -0.05) is 23.7 Å². The third-order valence-corrected chi connectivity index (χ3v) is 5.02. The monoisotopic (exact) mass is 522 g/mol. The molecule has 0 fully saturated rings. The maximum Gasteiger partial charge on any atom is 0.342 e. The van der Waals surface area contributed by atoms with E-state index in [2.05, 4.69) is 29.9 Å². The van der Waals surface area contributed by atoms with E-state index in [0.29, 0.717) is 18.7 Å². The van der Waals surface area contributed by atoms with Gasteiger partial charge in [0, 0.05) is 6.54 Å². The van der Waals surface area contributed by atoms with Gasteiger partial charge in [0.25, 0.3) is 5.91 Å². The van der Waals surface area contributed by atoms with Crippen LogP contribution in [0.2, 0.25) is 5.15 Å². The van der Waals surface area contributed by atoms with E-state index in [1.165, 1.54) is 0 Å². The fourth-order valence-electron chi connectivity index (χ4n) is 2.85. The number of nitrogens with one attached hydrogen (secondary N) is 1. The average Bonchev–Trinajstić information content (AvgIpc) is 2.86. The van der Waals surface area contributed by atoms with Gasteiger partial charge in [0.1, 0.15) is 12.4 Å². The topological polar surface area (TPSA) is 233 Å². The summed E-state index contributed by atoms with van der Waals surface area (Å²) in [7, 11) is 1.15. The van der Waals surface area contributed by atoms with Crippen LogP contribution in [0.4, 0.5) is 11.6 Å². The Morgan fingerprint density at radius 2 is 1.78 bits per heavy atom. The minimum atomic E-state index is -1.29. The van der Waals surface area contributed by atoms with Crippen LogP contribution in [0.25, 0.3) is 0 Å². The number of nitrogens with zero attached hydrogens (tertiary/aromatic N) is 3. The van der Waals surface area contributed by atoms with Gasteiger partial charge < -0.3 is 31.5 Å². The van der Waals surface area contributed by atoms with Gasteiger partial charge in [0.15, 0.2) is 34.4 Å². The van der Waals surface area contributed by atoms with Crippen LogP contribution in [0.15, 0.2) is 29.3 Å². The Morgan fingerprint density at radius 1 is 1.08 bits per heavy atom. The summed E-state index contributed by atoms with van der Waals surface area (Å²) in [6, 6.07) is 7.12. The fourth-order valence-corrected chi connectivity index (χ4v) is 2.98. The first kappa shape index (κ1) is 28.1. The number of hydrogen-bond acceptors (Lipinski definition) is 12. The molecule has 9 N–H and O–H groups in total. The van der Waals surface area contributed by atoms with E-state index < -0.39 is 23.8 Å². The van der Waals surface area contributed by atoms with Crippen LogP contribution in [0.5, 0.6) is 5.75 Å². The lowest BCUT2D eigenvalue weighted by atomic mass is 10.1. The molecule has 0 saturated carbocycles. The summed E-state index contributed by atoms with van der Waals surface area (Å²) < 4.78 is 10.0. The molecule has 1 aromatic carbocycles. The predicted octanol–water partition coefficient (Wildman–Crippen LogP) is -0.0533. The molecular weight excluding hydrogens is 496 g/mol. The Kier molecular flexibility index (Phi) is 10.6. The summed E-state index contributed by atoms with van der Waals surface area (Å²) in [4.78, 5) is 51.1. The molecule has 2 aromatic rings. The van der Waals surface area contributed by atoms with Crippen molar-refractivity contribution in [3.05, 3.63) is 40.7 Å². The Bertz CT molecular complexity index is 1100. The molecule has 0 spiro atoms. The molecule has 0 aliphatic rings. The number of methoxy groups -OCH3 is 1. The van der Waals surface area contributed by atoms with E-state index >= 15 is 0 Å². The van der Waals surface area contributed by atoms with E-state index in [1.807, 2.05) is 12.1 Å². The standard InChI is InChI=1S/C21H27ClN8O6/c1-34-19(32)13(20(33)36-26)10-35-12-7-5-11(6-8-12)4-2-3-9-27-21(25)30-18(31)14-16(23)29-17(24)15(22)28-14/h5-8,13H,2-4,9-10,26H2,1H3,(H4,23,24,29)(H3,25,27,30,31). The largest absolute Gasteiger partial charge is 0.492 e. The maximum absolute atomic E-state index is 12.2. The summed E-state index contributed by atoms with van der Waals surface area (Å²) in [6.07, 6.45) is 2.25. The lowest BCUT2D eigenvalue weighted by Gasteiger charge is -2.13. The molecule has 1 unspecified atom stereocenters. The minimum absolute atomic E-state index is 0.0872. The lowest BCUT2D eigenvalue weighted by molar-refractivity contribution is -0.162. The van der Waals surface area contributed by atoms with Crippen LogP contribution in [0, 0.1) is 5.92 Å². The molecule has 0 radical (unpaired) electrons. The zero-order valence-corrected chi connectivity index (χ0v) is 20.2. The highest BCUT2D eigenvalue weighted by molar-refractivity contribution is 6.31. The molecule has 194 valence electrons. The number of esters is 1. The number of rotatable bonds is 11. The minimum Gasteiger partial charge on any atom is -0.492 e. The third-order valence-electron chi connectivity index (χ3n) is 4.74. The van der Waals surface area contributed by atoms with Gasteiger partial charge in [-0.3, -0.25) is 19.9 Å². The molecule has 0 aliphatic heterocycles. The molecule has 1 amide bonds. The first-order valence-corrected chi connectivity index (χ1v) is 10.9. The zero-order valence-electron chi connectivity index (χ0n) is 19.4. The van der Waals surface area contributed by atoms with E-state index in [0.717, 1.165) is 25.5 Å². The maximum atomic E-state index is 12.2. The quantitative estimate of drug-likeness (QED) is 0.0652. The Hall–Kier alpha value is -4.17. The lowest BCUT2D eigenvalue weighted by Crippen LogP contribution is -2.38. The van der Waals surface area contributed by atoms with Gasteiger partial charge in [-0.2, -0.15) is 5.90 Å². The fraction of sp³-hybridized carbons (Fsp3) is 0.333. The first-order chi connectivity index (χ1) is 17.2. The molecule has 1 aromatic heterocycles. The van der Waals surface area contributed by atoms with Crippen LogP contribution in [0.3, 0.4) is 0 Å². The molecule has 0 aliphatic carbocycles. The van der Waals surface area contributed by atoms with Crippen molar-refractivity contribution in [2.45, 2.75) is 19.3 Å². The number of guanidine groups is 1. The summed E-state index contributed by atoms with van der Waals surface area (Å²) in [6.45, 7) is 0.103. The number of aromatic nitrogens is 2. The predicted molar refractivity (Wildman–Crippen MR) is 130 cm³/mol. The van der Waals surface area contributed by atoms with E-state index in [9.17, 15) is 14.4 Å². The number of ether oxygens (including phenoxy) is 2. The second-order valence-corrected chi connectivity index (χ2v) is 7.64. The third kappa shape index (κ3) is 8.25. The second kappa shape index (κ2) is 13.7. The molecule has 2 rings (SSSR count). The summed E-state index contributed by atoms with van der Waals surface area (Å²) in [5, 5.41) is 2.22. The molecule has 0 saturated heterocycles. The number of amides is 1. The number of carbonyl (C=O) groups is 3. The number of nitrogen functional groups attached to an aromatic ring is 2. The number of carbonyl (C=O) groups excluding carboxylic acids is 3. The van der Waals surface area contributed by atoms with Crippen molar-refractivity contribution < 1.29 is 28.7 Å². The number of aryl methyl sites for hydroxylation is 1. The number of hydrogen-bond donors (Lipinski definition) is 5. The molecule has 1 heterocycles. The smallest absolute Gasteiger partial charge is 0.342 e. The van der Waals surface area contributed by atoms with Crippen molar-refractivity contribution in [1.29, 1.82) is 0 Å². The van der Waals surface area contributed by atoms with Gasteiger partial charge in [0.2, 0.25) is 0 Å². The van der Waals surface area contributed by atoms with Gasteiger partial charge in [-0.05, 0) is 37.0 Å². The Balaban J connectivity index is 1.76. The van der Waals surface area contributed by atoms with Crippen LogP contribution in [-0.4, -0.2) is 54.0 Å². The normalized spacial score (nSPS) is 11.9. The molecule has 1 atom stereocenters. The van der Waals surface area contributed by atoms with Gasteiger partial charge in [-0.15, -0.1) is 0 Å². The van der Waals surface area contributed by atoms with Crippen molar-refractivity contribution in [3.63, 3.8) is 0 Å². The molecule has 36 heavy (non-hydrogen) atoms. The Morgan fingerprint density at radius 3 is 2.42 bits per heavy atom. The summed E-state index contributed by atoms with van der Waals surface area (Å²) >= 11 is 5.77. The summed E-state index contributed by atoms with van der Waals surface area (Å²) in [5.41, 5.74) is 17.7. The van der Waals surface area contributed by atoms with E-state index in [-0.39, 0.29) is 35.0 Å². The molecular formula is C21H27ClN8O6. The second-order valence-electron chi connectivity index (χ2n) is 7.28. The van der Waals surface area contributed by atoms with Crippen LogP contribution >= 0.6 is 11.6 Å². The van der Waals surface area contributed by atoms with Crippen LogP contribution < -0.4 is 33.2 Å². The molecule has 0 bridgehead atoms. The van der Waals surface area contributed by atoms with Crippen molar-refractivity contribution in [1.82, 2.24) is 15.3 Å². The number of anilines is 2. The number of benzene rings is 1. The van der Waals surface area contributed by atoms with Crippen LogP contribution in [0.1, 0.15) is 28.9 Å². The number of aliphatic imine (C=N–C) groups is 1. The van der Waals surface area contributed by atoms with Crippen molar-refractivity contribution in [2.24, 2.45) is 22.5 Å². The summed E-state index contributed by atoms with van der Waals surface area (Å²) in [5.74, 6) is 1.18. The highest BCUT2D eigenvalue weighted by Gasteiger charge is 2.30. The first-order valence-electron chi connectivity index (χ1n) is 10.6. The van der Waals surface area contributed by atoms with Crippen molar-refractivity contribution in [2.75, 3.05) is 31.7 Å². The van der Waals surface area contributed by atoms with E-state index in [4.69, 9.17) is 39.4 Å². The highest BCUT2D eigenvalue weighted by atomic mass is 35.5. The molecule has 14 nitrogen and oxygen atoms in total. The number of nitrogens with two attached hydrogens (primary N) is 4. The van der Waals surface area contributed by atoms with E-state index in [1.54, 1.807) is 12.1 Å². The SMILES string of the molecule is COC(=O)C(COc1ccc(CCCCN=C(N)NC(=O)c2nc(Cl)c(N)nc2N)cc1)C(=O)ON. The highest BCUT2D eigenvalue weighted by Crippen LogP contribution is 2.17. The van der Waals surface area contributed by atoms with Crippen LogP contribution in [-0.2, 0) is 25.6 Å². The van der Waals surface area contributed by atoms with Crippen molar-refractivity contribution in [3.8, 4) is 5.75 Å². The average molecular weight is 523 g/mol. The Labute approximate surface area is 211 Å². The van der Waals surface area contributed by atoms with Gasteiger partial charge in [0.05, 0.1) is 7.11 Å².